The van der Waals surface area contributed by atoms with Crippen molar-refractivity contribution in [3.8, 4) is 5.75 Å². The van der Waals surface area contributed by atoms with Crippen LogP contribution < -0.4 is 20.3 Å². The topological polar surface area (TPSA) is 66.5 Å². The molecule has 0 bridgehead atoms. The van der Waals surface area contributed by atoms with Gasteiger partial charge in [0, 0.05) is 43.3 Å². The van der Waals surface area contributed by atoms with Crippen LogP contribution in [0.5, 0.6) is 5.75 Å². The summed E-state index contributed by atoms with van der Waals surface area (Å²) in [5, 5.41) is 7.88. The summed E-state index contributed by atoms with van der Waals surface area (Å²) in [6, 6.07) is 20.3. The second-order valence-electron chi connectivity index (χ2n) is 8.30. The second-order valence-corrected chi connectivity index (χ2v) is 8.30. The first-order valence-corrected chi connectivity index (χ1v) is 10.9. The molecule has 0 radical (unpaired) electrons. The Morgan fingerprint density at radius 3 is 2.42 bits per heavy atom. The Kier molecular flexibility index (Phi) is 6.55. The zero-order valence-electron chi connectivity index (χ0n) is 18.2. The Labute approximate surface area is 183 Å². The van der Waals surface area contributed by atoms with Crippen LogP contribution in [0.15, 0.2) is 60.7 Å². The molecule has 2 aromatic carbocycles. The fraction of sp³-hybridized carbons (Fsp3) is 0.360. The molecule has 1 heterocycles. The summed E-state index contributed by atoms with van der Waals surface area (Å²) < 4.78 is 5.54. The Bertz CT molecular complexity index is 1010. The van der Waals surface area contributed by atoms with Crippen LogP contribution in [-0.2, 0) is 4.79 Å². The number of pyridine rings is 1. The molecule has 1 fully saturated rings. The molecular formula is C25H30N4O2. The first kappa shape index (κ1) is 21.0. The normalized spacial score (nSPS) is 18.4. The zero-order valence-corrected chi connectivity index (χ0v) is 18.2. The lowest BCUT2D eigenvalue weighted by Gasteiger charge is -2.30. The quantitative estimate of drug-likeness (QED) is 0.601. The van der Waals surface area contributed by atoms with Crippen LogP contribution in [0.4, 0.5) is 11.5 Å². The zero-order chi connectivity index (χ0) is 21.6. The highest BCUT2D eigenvalue weighted by Gasteiger charge is 2.23. The number of nitrogens with one attached hydrogen (secondary N) is 2. The molecule has 0 spiro atoms. The maximum Gasteiger partial charge on any atom is 0.258 e. The number of carbonyl (C=O) groups is 1. The van der Waals surface area contributed by atoms with E-state index in [1.807, 2.05) is 42.5 Å². The van der Waals surface area contributed by atoms with E-state index in [9.17, 15) is 4.79 Å². The third-order valence-corrected chi connectivity index (χ3v) is 5.73. The molecule has 2 N–H and O–H groups in total. The minimum absolute atomic E-state index is 0.0521. The fourth-order valence-electron chi connectivity index (χ4n) is 4.13. The molecule has 6 heteroatoms. The number of rotatable bonds is 7. The van der Waals surface area contributed by atoms with E-state index >= 15 is 0 Å². The molecule has 6 nitrogen and oxygen atoms in total. The second kappa shape index (κ2) is 9.69. The van der Waals surface area contributed by atoms with Crippen molar-refractivity contribution in [2.45, 2.75) is 37.8 Å². The van der Waals surface area contributed by atoms with E-state index in [4.69, 9.17) is 9.72 Å². The molecule has 1 amide bonds. The Morgan fingerprint density at radius 2 is 1.68 bits per heavy atom. The lowest BCUT2D eigenvalue weighted by molar-refractivity contribution is -0.124. The maximum absolute atomic E-state index is 12.2. The summed E-state index contributed by atoms with van der Waals surface area (Å²) >= 11 is 0. The van der Waals surface area contributed by atoms with Crippen LogP contribution in [-0.4, -0.2) is 43.7 Å². The number of anilines is 2. The maximum atomic E-state index is 12.2. The molecule has 4 rings (SSSR count). The van der Waals surface area contributed by atoms with Crippen LogP contribution >= 0.6 is 0 Å². The molecule has 31 heavy (non-hydrogen) atoms. The number of hydrogen-bond acceptors (Lipinski definition) is 5. The number of carbonyl (C=O) groups excluding carboxylic acids is 1. The summed E-state index contributed by atoms with van der Waals surface area (Å²) in [4.78, 5) is 19.1. The van der Waals surface area contributed by atoms with E-state index < -0.39 is 0 Å². The number of benzene rings is 2. The number of para-hydroxylation sites is 2. The number of fused-ring (bicyclic) bond motifs is 1. The average molecular weight is 419 g/mol. The van der Waals surface area contributed by atoms with Gasteiger partial charge in [-0.25, -0.2) is 4.98 Å². The van der Waals surface area contributed by atoms with Gasteiger partial charge >= 0.3 is 0 Å². The number of ether oxygens (including phenoxy) is 1. The monoisotopic (exact) mass is 418 g/mol. The first-order chi connectivity index (χ1) is 15.1. The smallest absolute Gasteiger partial charge is 0.258 e. The molecule has 1 aliphatic rings. The predicted octanol–water partition coefficient (Wildman–Crippen LogP) is 4.22. The van der Waals surface area contributed by atoms with Gasteiger partial charge < -0.3 is 20.3 Å². The van der Waals surface area contributed by atoms with Crippen molar-refractivity contribution in [3.05, 3.63) is 60.7 Å². The predicted molar refractivity (Wildman–Crippen MR) is 126 cm³/mol. The number of aromatic nitrogens is 1. The fourth-order valence-corrected chi connectivity index (χ4v) is 4.13. The van der Waals surface area contributed by atoms with Gasteiger partial charge in [-0.05, 0) is 43.9 Å². The van der Waals surface area contributed by atoms with Gasteiger partial charge in [-0.15, -0.1) is 0 Å². The van der Waals surface area contributed by atoms with Crippen molar-refractivity contribution >= 4 is 28.3 Å². The molecule has 3 aromatic rings. The van der Waals surface area contributed by atoms with Crippen LogP contribution in [0.2, 0.25) is 0 Å². The van der Waals surface area contributed by atoms with Gasteiger partial charge in [-0.3, -0.25) is 4.79 Å². The third-order valence-electron chi connectivity index (χ3n) is 5.73. The molecule has 0 unspecified atom stereocenters. The summed E-state index contributed by atoms with van der Waals surface area (Å²) in [6.45, 7) is 0.0521. The molecule has 1 saturated carbocycles. The minimum atomic E-state index is -0.0629. The number of hydrogen-bond donors (Lipinski definition) is 2. The van der Waals surface area contributed by atoms with Gasteiger partial charge in [0.1, 0.15) is 11.6 Å². The Hall–Kier alpha value is -3.28. The minimum Gasteiger partial charge on any atom is -0.484 e. The van der Waals surface area contributed by atoms with Gasteiger partial charge in [-0.1, -0.05) is 36.4 Å². The highest BCUT2D eigenvalue weighted by atomic mass is 16.5. The van der Waals surface area contributed by atoms with Gasteiger partial charge in [0.05, 0.1) is 5.52 Å². The third kappa shape index (κ3) is 5.45. The van der Waals surface area contributed by atoms with E-state index in [0.717, 1.165) is 48.1 Å². The molecule has 0 atom stereocenters. The summed E-state index contributed by atoms with van der Waals surface area (Å²) in [5.41, 5.74) is 2.16. The van der Waals surface area contributed by atoms with E-state index in [-0.39, 0.29) is 18.6 Å². The molecule has 0 aliphatic heterocycles. The standard InChI is InChI=1S/C25H30N4O2/c1-29(2)23-16-24(28-22-11-7-6-10-21(22)23)26-18-12-14-19(15-13-18)27-25(30)17-31-20-8-4-3-5-9-20/h3-11,16,18-19H,12-15,17H2,1-2H3,(H,26,28)(H,27,30). The lowest BCUT2D eigenvalue weighted by atomic mass is 9.91. The van der Waals surface area contributed by atoms with E-state index in [1.54, 1.807) is 0 Å². The number of amides is 1. The van der Waals surface area contributed by atoms with Crippen LogP contribution in [0.1, 0.15) is 25.7 Å². The van der Waals surface area contributed by atoms with Crippen molar-refractivity contribution in [2.24, 2.45) is 0 Å². The van der Waals surface area contributed by atoms with Crippen LogP contribution in [0.3, 0.4) is 0 Å². The van der Waals surface area contributed by atoms with Crippen molar-refractivity contribution in [3.63, 3.8) is 0 Å². The van der Waals surface area contributed by atoms with Crippen molar-refractivity contribution < 1.29 is 9.53 Å². The molecule has 0 saturated heterocycles. The van der Waals surface area contributed by atoms with E-state index in [1.165, 1.54) is 0 Å². The van der Waals surface area contributed by atoms with Crippen molar-refractivity contribution in [1.82, 2.24) is 10.3 Å². The highest BCUT2D eigenvalue weighted by Crippen LogP contribution is 2.29. The van der Waals surface area contributed by atoms with Crippen LogP contribution in [0.25, 0.3) is 10.9 Å². The number of nitrogens with zero attached hydrogens (tertiary/aromatic N) is 2. The summed E-state index contributed by atoms with van der Waals surface area (Å²) in [7, 11) is 4.11. The summed E-state index contributed by atoms with van der Waals surface area (Å²) in [6.07, 6.45) is 3.89. The Balaban J connectivity index is 1.29. The van der Waals surface area contributed by atoms with Gasteiger partial charge in [-0.2, -0.15) is 0 Å². The molecule has 1 aromatic heterocycles. The molecule has 1 aliphatic carbocycles. The van der Waals surface area contributed by atoms with Gasteiger partial charge in [0.15, 0.2) is 6.61 Å². The SMILES string of the molecule is CN(C)c1cc(NC2CCC(NC(=O)COc3ccccc3)CC2)nc2ccccc12. The van der Waals surface area contributed by atoms with E-state index in [2.05, 4.69) is 47.8 Å². The molecular weight excluding hydrogens is 388 g/mol. The Morgan fingerprint density at radius 1 is 1.00 bits per heavy atom. The largest absolute Gasteiger partial charge is 0.484 e. The van der Waals surface area contributed by atoms with Gasteiger partial charge in [0.2, 0.25) is 0 Å². The summed E-state index contributed by atoms with van der Waals surface area (Å²) in [5.74, 6) is 1.56. The van der Waals surface area contributed by atoms with E-state index in [0.29, 0.717) is 11.8 Å². The van der Waals surface area contributed by atoms with Gasteiger partial charge in [0.25, 0.3) is 5.91 Å². The average Bonchev–Trinajstić information content (AvgIpc) is 2.79. The highest BCUT2D eigenvalue weighted by molar-refractivity contribution is 5.93. The van der Waals surface area contributed by atoms with Crippen LogP contribution in [0, 0.1) is 0 Å². The molecule has 162 valence electrons. The first-order valence-electron chi connectivity index (χ1n) is 10.9. The van der Waals surface area contributed by atoms with Crippen molar-refractivity contribution in [1.29, 1.82) is 0 Å². The lowest BCUT2D eigenvalue weighted by Crippen LogP contribution is -2.42. The van der Waals surface area contributed by atoms with Crippen molar-refractivity contribution in [2.75, 3.05) is 30.9 Å².